The Balaban J connectivity index is 0.000000195. The Morgan fingerprint density at radius 2 is 1.37 bits per heavy atom. The van der Waals surface area contributed by atoms with Gasteiger partial charge in [-0.15, -0.1) is 0 Å². The Labute approximate surface area is 292 Å². The highest BCUT2D eigenvalue weighted by atomic mass is 19.1. The molecule has 0 amide bonds. The fraction of sp³-hybridized carbons (Fsp3) is 0.105. The van der Waals surface area contributed by atoms with Crippen molar-refractivity contribution in [2.75, 3.05) is 0 Å². The SMILES string of the molecule is O=C(CC(C(=O)O)c1c[nH]c2ccc(CO)cc12)c1ccc(F)cc1F.O=CO/C=C/C(=O)c1ccc(F)cc1F.OCc1ccc2[nH]ccc2c1. The van der Waals surface area contributed by atoms with Gasteiger partial charge in [-0.05, 0) is 76.7 Å². The molecule has 52 heavy (non-hydrogen) atoms. The minimum Gasteiger partial charge on any atom is -0.481 e. The van der Waals surface area contributed by atoms with Gasteiger partial charge in [0, 0.05) is 53.4 Å². The van der Waals surface area contributed by atoms with Crippen LogP contribution in [0.3, 0.4) is 0 Å². The first kappa shape index (κ1) is 38.4. The number of aromatic nitrogens is 2. The molecule has 0 saturated carbocycles. The van der Waals surface area contributed by atoms with Gasteiger partial charge in [0.25, 0.3) is 6.47 Å². The Morgan fingerprint density at radius 3 is 1.96 bits per heavy atom. The molecule has 2 aromatic heterocycles. The normalized spacial score (nSPS) is 11.3. The summed E-state index contributed by atoms with van der Waals surface area (Å²) in [6.45, 7) is 0.0178. The molecule has 0 radical (unpaired) electrons. The smallest absolute Gasteiger partial charge is 0.311 e. The second-order valence-corrected chi connectivity index (χ2v) is 11.0. The van der Waals surface area contributed by atoms with Crippen LogP contribution in [-0.2, 0) is 27.5 Å². The van der Waals surface area contributed by atoms with E-state index < -0.39 is 53.1 Å². The summed E-state index contributed by atoms with van der Waals surface area (Å²) in [6, 6.07) is 18.0. The van der Waals surface area contributed by atoms with Gasteiger partial charge in [-0.2, -0.15) is 0 Å². The van der Waals surface area contributed by atoms with Crippen molar-refractivity contribution < 1.29 is 56.8 Å². The van der Waals surface area contributed by atoms with E-state index in [1.807, 2.05) is 30.5 Å². The number of aromatic amines is 2. The maximum Gasteiger partial charge on any atom is 0.311 e. The highest BCUT2D eigenvalue weighted by Gasteiger charge is 2.28. The standard InChI is InChI=1S/C19H15F2NO4.C10H6F2O3.C9H9NO/c20-11-2-3-12(16(21)6-11)18(24)7-14(19(25)26)15-8-22-17-4-1-10(9-23)5-13(15)17;11-7-1-2-8(9(12)5-7)10(14)3-4-15-6-13;11-6-7-1-2-9-8(5-7)3-4-10-9/h1-6,8,14,22-23H,7,9H2,(H,25,26);1-6H;1-5,10-11H,6H2/b;4-3+;. The number of nitrogens with one attached hydrogen (secondary N) is 2. The number of halogens is 4. The lowest BCUT2D eigenvalue weighted by Crippen LogP contribution is -2.17. The number of ether oxygens (including phenoxy) is 1. The van der Waals surface area contributed by atoms with Gasteiger partial charge >= 0.3 is 5.97 Å². The maximum atomic E-state index is 13.8. The van der Waals surface area contributed by atoms with Crippen molar-refractivity contribution in [2.24, 2.45) is 0 Å². The predicted octanol–water partition coefficient (Wildman–Crippen LogP) is 6.87. The van der Waals surface area contributed by atoms with Crippen molar-refractivity contribution >= 4 is 45.8 Å². The number of benzene rings is 4. The highest BCUT2D eigenvalue weighted by molar-refractivity contribution is 6.04. The lowest BCUT2D eigenvalue weighted by Gasteiger charge is -2.12. The molecule has 5 N–H and O–H groups in total. The van der Waals surface area contributed by atoms with Gasteiger partial charge in [0.2, 0.25) is 0 Å². The molecule has 1 atom stereocenters. The molecule has 0 aliphatic heterocycles. The topological polar surface area (TPSA) is 170 Å². The zero-order valence-electron chi connectivity index (χ0n) is 27.0. The first-order valence-corrected chi connectivity index (χ1v) is 15.3. The number of rotatable bonds is 11. The lowest BCUT2D eigenvalue weighted by molar-refractivity contribution is -0.138. The molecule has 6 aromatic rings. The van der Waals surface area contributed by atoms with Crippen molar-refractivity contribution in [3.63, 3.8) is 0 Å². The van der Waals surface area contributed by atoms with Gasteiger partial charge < -0.3 is 30.0 Å². The number of carboxylic acid groups (broad SMARTS) is 1. The average molecular weight is 719 g/mol. The van der Waals surface area contributed by atoms with Crippen LogP contribution in [0.15, 0.2) is 104 Å². The van der Waals surface area contributed by atoms with E-state index in [2.05, 4.69) is 14.7 Å². The number of Topliss-reactive ketones (excluding diaryl/α,β-unsaturated/α-hetero) is 1. The average Bonchev–Trinajstić information content (AvgIpc) is 3.77. The molecule has 2 heterocycles. The zero-order chi connectivity index (χ0) is 37.8. The maximum absolute atomic E-state index is 13.8. The van der Waals surface area contributed by atoms with Crippen LogP contribution < -0.4 is 0 Å². The third-order valence-corrected chi connectivity index (χ3v) is 7.61. The van der Waals surface area contributed by atoms with Crippen LogP contribution in [0.25, 0.3) is 21.8 Å². The van der Waals surface area contributed by atoms with E-state index in [4.69, 9.17) is 5.11 Å². The van der Waals surface area contributed by atoms with Crippen molar-refractivity contribution in [1.29, 1.82) is 0 Å². The molecule has 0 aliphatic rings. The van der Waals surface area contributed by atoms with Gasteiger partial charge in [0.1, 0.15) is 23.3 Å². The minimum absolute atomic E-state index is 0.112. The van der Waals surface area contributed by atoms with E-state index >= 15 is 0 Å². The fourth-order valence-electron chi connectivity index (χ4n) is 5.03. The summed E-state index contributed by atoms with van der Waals surface area (Å²) in [5.74, 6) is -7.47. The largest absolute Gasteiger partial charge is 0.481 e. The van der Waals surface area contributed by atoms with E-state index in [0.29, 0.717) is 34.2 Å². The molecule has 0 bridgehead atoms. The number of fused-ring (bicyclic) bond motifs is 2. The minimum atomic E-state index is -1.24. The fourth-order valence-corrected chi connectivity index (χ4v) is 5.03. The molecule has 14 heteroatoms. The molecule has 4 aromatic carbocycles. The predicted molar refractivity (Wildman–Crippen MR) is 181 cm³/mol. The first-order valence-electron chi connectivity index (χ1n) is 15.3. The van der Waals surface area contributed by atoms with Crippen LogP contribution in [0.4, 0.5) is 17.6 Å². The van der Waals surface area contributed by atoms with Crippen molar-refractivity contribution in [2.45, 2.75) is 25.6 Å². The summed E-state index contributed by atoms with van der Waals surface area (Å²) in [5.41, 5.74) is 3.04. The molecule has 0 fully saturated rings. The molecular weight excluding hydrogens is 688 g/mol. The number of aliphatic carboxylic acids is 1. The number of allylic oxidation sites excluding steroid dienone is 1. The summed E-state index contributed by atoms with van der Waals surface area (Å²) in [7, 11) is 0. The number of carboxylic acids is 1. The second-order valence-electron chi connectivity index (χ2n) is 11.0. The Hall–Kier alpha value is -6.38. The Kier molecular flexibility index (Phi) is 13.3. The summed E-state index contributed by atoms with van der Waals surface area (Å²) >= 11 is 0. The Bertz CT molecular complexity index is 2250. The zero-order valence-corrected chi connectivity index (χ0v) is 27.0. The van der Waals surface area contributed by atoms with Crippen molar-refractivity contribution in [1.82, 2.24) is 9.97 Å². The van der Waals surface area contributed by atoms with Gasteiger partial charge in [-0.1, -0.05) is 12.1 Å². The number of carbonyl (C=O) groups excluding carboxylic acids is 3. The molecule has 1 unspecified atom stereocenters. The lowest BCUT2D eigenvalue weighted by atomic mass is 9.91. The number of H-pyrrole nitrogens is 2. The van der Waals surface area contributed by atoms with Crippen molar-refractivity contribution in [3.05, 3.63) is 155 Å². The van der Waals surface area contributed by atoms with Crippen LogP contribution in [0.5, 0.6) is 0 Å². The second kappa shape index (κ2) is 18.0. The van der Waals surface area contributed by atoms with E-state index in [0.717, 1.165) is 53.1 Å². The quantitative estimate of drug-likeness (QED) is 0.0318. The monoisotopic (exact) mass is 718 g/mol. The molecule has 0 spiro atoms. The van der Waals surface area contributed by atoms with E-state index in [1.165, 1.54) is 6.20 Å². The molecular formula is C38H30F4N2O8. The summed E-state index contributed by atoms with van der Waals surface area (Å²) in [5, 5.41) is 29.4. The number of aliphatic hydroxyl groups excluding tert-OH is 2. The highest BCUT2D eigenvalue weighted by Crippen LogP contribution is 2.31. The third-order valence-electron chi connectivity index (χ3n) is 7.61. The van der Waals surface area contributed by atoms with Gasteiger partial charge in [0.15, 0.2) is 11.6 Å². The molecule has 0 aliphatic carbocycles. The first-order chi connectivity index (χ1) is 24.9. The summed E-state index contributed by atoms with van der Waals surface area (Å²) in [6.07, 6.45) is 4.59. The molecule has 268 valence electrons. The van der Waals surface area contributed by atoms with Crippen molar-refractivity contribution in [3.8, 4) is 0 Å². The number of hydrogen-bond donors (Lipinski definition) is 5. The van der Waals surface area contributed by atoms with Crippen LogP contribution >= 0.6 is 0 Å². The number of aliphatic hydroxyl groups is 2. The number of ketones is 2. The van der Waals surface area contributed by atoms with E-state index in [9.17, 15) is 47.0 Å². The molecule has 0 saturated heterocycles. The summed E-state index contributed by atoms with van der Waals surface area (Å²) in [4.78, 5) is 51.1. The van der Waals surface area contributed by atoms with Crippen LogP contribution in [0.2, 0.25) is 0 Å². The molecule has 6 rings (SSSR count). The summed E-state index contributed by atoms with van der Waals surface area (Å²) < 4.78 is 56.4. The van der Waals surface area contributed by atoms with E-state index in [1.54, 1.807) is 18.2 Å². The van der Waals surface area contributed by atoms with Crippen LogP contribution in [-0.4, -0.2) is 49.3 Å². The number of hydrogen-bond acceptors (Lipinski definition) is 7. The van der Waals surface area contributed by atoms with Crippen LogP contribution in [0.1, 0.15) is 49.7 Å². The van der Waals surface area contributed by atoms with Gasteiger partial charge in [-0.3, -0.25) is 19.2 Å². The van der Waals surface area contributed by atoms with Gasteiger partial charge in [-0.25, -0.2) is 17.6 Å². The van der Waals surface area contributed by atoms with E-state index in [-0.39, 0.29) is 30.8 Å². The third kappa shape index (κ3) is 9.87. The Morgan fingerprint density at radius 1 is 0.750 bits per heavy atom. The number of carbonyl (C=O) groups is 4. The van der Waals surface area contributed by atoms with Gasteiger partial charge in [0.05, 0.1) is 36.5 Å². The molecule has 10 nitrogen and oxygen atoms in total. The van der Waals surface area contributed by atoms with Crippen LogP contribution in [0, 0.1) is 23.3 Å².